The smallest absolute Gasteiger partial charge is 0.411 e. The van der Waals surface area contributed by atoms with E-state index in [4.69, 9.17) is 9.15 Å². The molecule has 19 heavy (non-hydrogen) atoms. The van der Waals surface area contributed by atoms with Gasteiger partial charge in [0.15, 0.2) is 0 Å². The molecule has 0 aliphatic heterocycles. The predicted molar refractivity (Wildman–Crippen MR) is 75.2 cm³/mol. The molecule has 0 aliphatic rings. The zero-order chi connectivity index (χ0) is 13.5. The predicted octanol–water partition coefficient (Wildman–Crippen LogP) is 3.94. The van der Waals surface area contributed by atoms with Gasteiger partial charge in [-0.25, -0.2) is 4.79 Å². The maximum absolute atomic E-state index is 11.4. The fourth-order valence-corrected chi connectivity index (χ4v) is 1.61. The van der Waals surface area contributed by atoms with Crippen molar-refractivity contribution in [2.75, 3.05) is 0 Å². The second-order valence-corrected chi connectivity index (χ2v) is 4.61. The van der Waals surface area contributed by atoms with Gasteiger partial charge in [-0.15, -0.1) is 0 Å². The Morgan fingerprint density at radius 2 is 2.11 bits per heavy atom. The lowest BCUT2D eigenvalue weighted by Gasteiger charge is -2.04. The lowest BCUT2D eigenvalue weighted by atomic mass is 10.2. The largest absolute Gasteiger partial charge is 0.465 e. The van der Waals surface area contributed by atoms with Gasteiger partial charge in [0, 0.05) is 10.7 Å². The van der Waals surface area contributed by atoms with Gasteiger partial charge in [-0.1, -0.05) is 28.1 Å². The van der Waals surface area contributed by atoms with Gasteiger partial charge in [-0.2, -0.15) is 0 Å². The topological polar surface area (TPSA) is 51.5 Å². The molecule has 0 saturated heterocycles. The molecule has 0 bridgehead atoms. The minimum atomic E-state index is -0.509. The summed E-state index contributed by atoms with van der Waals surface area (Å²) in [5.41, 5.74) is 0.924. The van der Waals surface area contributed by atoms with Crippen LogP contribution in [0.2, 0.25) is 0 Å². The maximum atomic E-state index is 11.4. The van der Waals surface area contributed by atoms with Crippen LogP contribution in [0.15, 0.2) is 57.8 Å². The fourth-order valence-electron chi connectivity index (χ4n) is 1.35. The van der Waals surface area contributed by atoms with E-state index >= 15 is 0 Å². The van der Waals surface area contributed by atoms with Gasteiger partial charge in [0.05, 0.1) is 6.26 Å². The highest BCUT2D eigenvalue weighted by Gasteiger charge is 2.00. The number of furan rings is 1. The summed E-state index contributed by atoms with van der Waals surface area (Å²) in [5.74, 6) is 0.660. The normalized spacial score (nSPS) is 10.6. The number of amides is 1. The van der Waals surface area contributed by atoms with Crippen LogP contribution in [0.25, 0.3) is 6.08 Å². The second kappa shape index (κ2) is 6.80. The van der Waals surface area contributed by atoms with Crippen molar-refractivity contribution in [1.82, 2.24) is 5.32 Å². The Morgan fingerprint density at radius 3 is 2.79 bits per heavy atom. The number of carbonyl (C=O) groups is 1. The molecule has 98 valence electrons. The zero-order valence-corrected chi connectivity index (χ0v) is 11.6. The van der Waals surface area contributed by atoms with E-state index in [-0.39, 0.29) is 6.61 Å². The summed E-state index contributed by atoms with van der Waals surface area (Å²) in [4.78, 5) is 11.4. The molecular weight excluding hydrogens is 310 g/mol. The Labute approximate surface area is 119 Å². The van der Waals surface area contributed by atoms with Crippen LogP contribution in [-0.2, 0) is 11.3 Å². The van der Waals surface area contributed by atoms with Crippen molar-refractivity contribution in [1.29, 1.82) is 0 Å². The van der Waals surface area contributed by atoms with Crippen LogP contribution >= 0.6 is 15.9 Å². The number of rotatable bonds is 4. The standard InChI is InChI=1S/C14H12BrNO3/c15-12-5-3-11(4-6-12)10-19-14(17)16-8-7-13-2-1-9-18-13/h1-9H,10H2,(H,16,17). The summed E-state index contributed by atoms with van der Waals surface area (Å²) < 4.78 is 11.1. The molecule has 0 atom stereocenters. The van der Waals surface area contributed by atoms with E-state index in [1.807, 2.05) is 24.3 Å². The number of alkyl carbamates (subject to hydrolysis) is 1. The summed E-state index contributed by atoms with van der Waals surface area (Å²) in [6.45, 7) is 0.230. The van der Waals surface area contributed by atoms with Gasteiger partial charge in [-0.05, 0) is 35.9 Å². The van der Waals surface area contributed by atoms with Crippen molar-refractivity contribution in [3.05, 3.63) is 64.7 Å². The first-order valence-electron chi connectivity index (χ1n) is 5.62. The molecule has 0 radical (unpaired) electrons. The van der Waals surface area contributed by atoms with Gasteiger partial charge >= 0.3 is 6.09 Å². The van der Waals surface area contributed by atoms with Gasteiger partial charge < -0.3 is 9.15 Å². The highest BCUT2D eigenvalue weighted by Crippen LogP contribution is 2.11. The number of hydrogen-bond donors (Lipinski definition) is 1. The van der Waals surface area contributed by atoms with E-state index in [0.717, 1.165) is 10.0 Å². The van der Waals surface area contributed by atoms with Crippen molar-refractivity contribution in [3.63, 3.8) is 0 Å². The first-order valence-corrected chi connectivity index (χ1v) is 6.41. The minimum Gasteiger partial charge on any atom is -0.465 e. The zero-order valence-electron chi connectivity index (χ0n) is 10.0. The number of hydrogen-bond acceptors (Lipinski definition) is 3. The lowest BCUT2D eigenvalue weighted by molar-refractivity contribution is 0.143. The van der Waals surface area contributed by atoms with E-state index in [0.29, 0.717) is 5.76 Å². The highest BCUT2D eigenvalue weighted by atomic mass is 79.9. The summed E-state index contributed by atoms with van der Waals surface area (Å²) >= 11 is 3.34. The van der Waals surface area contributed by atoms with Gasteiger partial charge in [0.1, 0.15) is 12.4 Å². The lowest BCUT2D eigenvalue weighted by Crippen LogP contribution is -2.18. The molecule has 1 amide bonds. The van der Waals surface area contributed by atoms with Crippen LogP contribution in [-0.4, -0.2) is 6.09 Å². The molecule has 4 nitrogen and oxygen atoms in total. The molecule has 1 aromatic heterocycles. The van der Waals surface area contributed by atoms with Crippen LogP contribution in [0.5, 0.6) is 0 Å². The summed E-state index contributed by atoms with van der Waals surface area (Å²) in [5, 5.41) is 2.49. The Morgan fingerprint density at radius 1 is 1.32 bits per heavy atom. The summed E-state index contributed by atoms with van der Waals surface area (Å²) in [7, 11) is 0. The fraction of sp³-hybridized carbons (Fsp3) is 0.0714. The van der Waals surface area contributed by atoms with Crippen molar-refractivity contribution in [3.8, 4) is 0 Å². The van der Waals surface area contributed by atoms with Crippen LogP contribution in [0.1, 0.15) is 11.3 Å². The second-order valence-electron chi connectivity index (χ2n) is 3.70. The maximum Gasteiger partial charge on any atom is 0.411 e. The van der Waals surface area contributed by atoms with E-state index in [9.17, 15) is 4.79 Å². The Hall–Kier alpha value is -2.01. The van der Waals surface area contributed by atoms with E-state index in [2.05, 4.69) is 21.2 Å². The summed E-state index contributed by atoms with van der Waals surface area (Å²) in [6.07, 6.45) is 4.17. The molecule has 2 rings (SSSR count). The van der Waals surface area contributed by atoms with E-state index in [1.54, 1.807) is 24.5 Å². The van der Waals surface area contributed by atoms with Crippen molar-refractivity contribution < 1.29 is 13.9 Å². The average Bonchev–Trinajstić information content (AvgIpc) is 2.91. The molecular formula is C14H12BrNO3. The molecule has 0 spiro atoms. The number of carbonyl (C=O) groups excluding carboxylic acids is 1. The molecule has 1 aromatic carbocycles. The molecule has 5 heteroatoms. The summed E-state index contributed by atoms with van der Waals surface area (Å²) in [6, 6.07) is 11.1. The van der Waals surface area contributed by atoms with Crippen LogP contribution in [0.4, 0.5) is 4.79 Å². The molecule has 0 aliphatic carbocycles. The van der Waals surface area contributed by atoms with Crippen molar-refractivity contribution in [2.24, 2.45) is 0 Å². The highest BCUT2D eigenvalue weighted by molar-refractivity contribution is 9.10. The van der Waals surface area contributed by atoms with E-state index < -0.39 is 6.09 Å². The van der Waals surface area contributed by atoms with Crippen molar-refractivity contribution in [2.45, 2.75) is 6.61 Å². The molecule has 0 saturated carbocycles. The Kier molecular flexibility index (Phi) is 4.80. The Bertz CT molecular complexity index is 547. The molecule has 0 fully saturated rings. The number of halogens is 1. The number of nitrogens with one attached hydrogen (secondary N) is 1. The van der Waals surface area contributed by atoms with Gasteiger partial charge in [0.25, 0.3) is 0 Å². The molecule has 1 heterocycles. The third kappa shape index (κ3) is 4.63. The molecule has 0 unspecified atom stereocenters. The van der Waals surface area contributed by atoms with Crippen LogP contribution in [0.3, 0.4) is 0 Å². The van der Waals surface area contributed by atoms with Gasteiger partial charge in [0.2, 0.25) is 0 Å². The van der Waals surface area contributed by atoms with Crippen LogP contribution < -0.4 is 5.32 Å². The first-order chi connectivity index (χ1) is 9.24. The molecule has 1 N–H and O–H groups in total. The van der Waals surface area contributed by atoms with Gasteiger partial charge in [-0.3, -0.25) is 5.32 Å². The third-order valence-electron chi connectivity index (χ3n) is 2.28. The monoisotopic (exact) mass is 321 g/mol. The quantitative estimate of drug-likeness (QED) is 0.927. The first kappa shape index (κ1) is 13.4. The number of benzene rings is 1. The minimum absolute atomic E-state index is 0.230. The van der Waals surface area contributed by atoms with Crippen molar-refractivity contribution >= 4 is 28.1 Å². The molecule has 2 aromatic rings. The average molecular weight is 322 g/mol. The Balaban J connectivity index is 1.74. The SMILES string of the molecule is O=C(NC=Cc1ccco1)OCc1ccc(Br)cc1. The van der Waals surface area contributed by atoms with Crippen LogP contribution in [0, 0.1) is 0 Å². The third-order valence-corrected chi connectivity index (χ3v) is 2.80. The number of ether oxygens (including phenoxy) is 1. The van der Waals surface area contributed by atoms with E-state index in [1.165, 1.54) is 6.20 Å².